The van der Waals surface area contributed by atoms with Gasteiger partial charge in [0.2, 0.25) is 11.8 Å². The van der Waals surface area contributed by atoms with Crippen molar-refractivity contribution < 1.29 is 50.0 Å². The van der Waals surface area contributed by atoms with Gasteiger partial charge in [-0.3, -0.25) is 14.4 Å². The summed E-state index contributed by atoms with van der Waals surface area (Å²) in [5.41, 5.74) is -0.787. The quantitative estimate of drug-likeness (QED) is 0.129. The largest absolute Gasteiger partial charge is 0.573 e. The predicted octanol–water partition coefficient (Wildman–Crippen LogP) is 7.61. The predicted molar refractivity (Wildman–Crippen MR) is 239 cm³/mol. The number of alkyl carbamates (subject to hydrolysis) is 1. The van der Waals surface area contributed by atoms with E-state index in [1.807, 2.05) is 44.7 Å². The molecule has 4 aromatic rings. The minimum Gasteiger partial charge on any atom is -0.453 e. The van der Waals surface area contributed by atoms with E-state index in [1.54, 1.807) is 41.3 Å². The zero-order chi connectivity index (χ0) is 52.1. The van der Waals surface area contributed by atoms with Gasteiger partial charge in [-0.1, -0.05) is 63.4 Å². The van der Waals surface area contributed by atoms with Crippen molar-refractivity contribution >= 4 is 46.9 Å². The SMILES string of the molecule is [2H]C([2H])([2H])C1(C([2H])([2H])[2H])CC1C(=O)N1CCN(c2ccc(NC(=O)c3ccc(-c4ccc(-c5nc([C@@H]6C[C@H](N(C)C)CN6C(=O)[C@@H](NC(=O)OC)C(C)C)[nH]c5Cl)cc4)c(OC(F)(F)F)c3)cn2)[C@H](C)C1. The summed E-state index contributed by atoms with van der Waals surface area (Å²) >= 11 is 6.71. The van der Waals surface area contributed by atoms with Crippen LogP contribution in [-0.4, -0.2) is 125 Å². The molecule has 3 N–H and O–H groups in total. The van der Waals surface area contributed by atoms with Gasteiger partial charge < -0.3 is 44.7 Å². The van der Waals surface area contributed by atoms with E-state index in [2.05, 4.69) is 25.3 Å². The molecule has 5 atom stereocenters. The Hall–Kier alpha value is -5.88. The van der Waals surface area contributed by atoms with E-state index in [4.69, 9.17) is 29.5 Å². The highest BCUT2D eigenvalue weighted by Crippen LogP contribution is 2.52. The lowest BCUT2D eigenvalue weighted by Gasteiger charge is -2.41. The number of nitrogens with one attached hydrogen (secondary N) is 3. The molecule has 65 heavy (non-hydrogen) atoms. The Kier molecular flexibility index (Phi) is 11.3. The number of amides is 4. The summed E-state index contributed by atoms with van der Waals surface area (Å²) in [5, 5.41) is 5.44. The number of anilines is 2. The molecule has 3 fully saturated rings. The van der Waals surface area contributed by atoms with Crippen LogP contribution in [0.3, 0.4) is 0 Å². The fraction of sp³-hybridized carbons (Fsp3) is 0.478. The van der Waals surface area contributed by atoms with Gasteiger partial charge in [0.1, 0.15) is 34.3 Å². The van der Waals surface area contributed by atoms with Crippen molar-refractivity contribution in [3.8, 4) is 28.1 Å². The maximum atomic E-state index is 14.0. The van der Waals surface area contributed by atoms with Crippen LogP contribution in [0.5, 0.6) is 5.75 Å². The maximum Gasteiger partial charge on any atom is 0.573 e. The molecular weight excluding hydrogens is 867 g/mol. The number of imidazole rings is 1. The average molecular weight is 928 g/mol. The number of likely N-dealkylation sites (N-methyl/N-ethyl adjacent to an activating group) is 1. The number of carbonyl (C=O) groups is 4. The van der Waals surface area contributed by atoms with Crippen LogP contribution in [0.15, 0.2) is 60.8 Å². The Morgan fingerprint density at radius 1 is 1.03 bits per heavy atom. The number of aromatic amines is 1. The third-order valence-corrected chi connectivity index (χ3v) is 12.4. The number of carbonyl (C=O) groups excluding carboxylic acids is 4. The van der Waals surface area contributed by atoms with Crippen molar-refractivity contribution in [1.82, 2.24) is 35.0 Å². The summed E-state index contributed by atoms with van der Waals surface area (Å²) in [6.07, 6.45) is -4.21. The second kappa shape index (κ2) is 18.5. The normalized spacial score (nSPS) is 22.8. The number of alkyl halides is 3. The number of methoxy groups -OCH3 is 1. The smallest absolute Gasteiger partial charge is 0.453 e. The molecule has 2 saturated heterocycles. The van der Waals surface area contributed by atoms with Gasteiger partial charge in [-0.2, -0.15) is 0 Å². The van der Waals surface area contributed by atoms with Gasteiger partial charge in [0.15, 0.2) is 0 Å². The molecule has 348 valence electrons. The first kappa shape index (κ1) is 39.5. The molecule has 2 aromatic carbocycles. The molecule has 1 unspecified atom stereocenters. The minimum atomic E-state index is -5.11. The Balaban J connectivity index is 1.03. The number of H-pyrrole nitrogens is 1. The van der Waals surface area contributed by atoms with Crippen LogP contribution in [-0.2, 0) is 14.3 Å². The summed E-state index contributed by atoms with van der Waals surface area (Å²) in [5.74, 6) is -2.71. The van der Waals surface area contributed by atoms with Crippen LogP contribution in [0.25, 0.3) is 22.4 Å². The highest BCUT2D eigenvalue weighted by Gasteiger charge is 2.52. The number of piperazine rings is 1. The van der Waals surface area contributed by atoms with E-state index < -0.39 is 67.1 Å². The number of rotatable bonds is 12. The number of halogens is 4. The standard InChI is InChI=1S/C46H55ClF3N9O6/c1-25(2)37(54-44(63)64-8)43(62)59-24-31(56(6)7)20-34(59)40-53-38(39(47)55-40)28-11-9-27(10-12-28)32-15-13-29(19-35(32)65-46(48,49)50)41(60)52-30-14-16-36(51-22-30)58-18-17-57(23-26(58)3)42(61)33-21-45(33,4)5/h9-16,19,22,25-26,31,33-34,37H,17-18,20-21,23-24H2,1-8H3,(H,52,60)(H,53,55)(H,54,63)/t26-,31+,33?,34+,37+/m1/s1/i4D3,5D3. The van der Waals surface area contributed by atoms with Crippen molar-refractivity contribution in [1.29, 1.82) is 0 Å². The summed E-state index contributed by atoms with van der Waals surface area (Å²) in [4.78, 5) is 72.3. The first-order valence-corrected chi connectivity index (χ1v) is 21.4. The van der Waals surface area contributed by atoms with Crippen LogP contribution in [0.4, 0.5) is 29.5 Å². The Bertz CT molecular complexity index is 2620. The first-order valence-electron chi connectivity index (χ1n) is 24.0. The molecule has 7 rings (SSSR count). The second-order valence-corrected chi connectivity index (χ2v) is 17.6. The van der Waals surface area contributed by atoms with Crippen LogP contribution in [0, 0.1) is 17.3 Å². The fourth-order valence-electron chi connectivity index (χ4n) is 8.32. The topological polar surface area (TPSA) is 165 Å². The highest BCUT2D eigenvalue weighted by molar-refractivity contribution is 6.32. The molecule has 3 aliphatic rings. The summed E-state index contributed by atoms with van der Waals surface area (Å²) in [6.45, 7) is 0.843. The van der Waals surface area contributed by atoms with Gasteiger partial charge in [0.25, 0.3) is 5.91 Å². The third kappa shape index (κ3) is 10.5. The van der Waals surface area contributed by atoms with Crippen molar-refractivity contribution in [3.63, 3.8) is 0 Å². The van der Waals surface area contributed by atoms with E-state index in [1.165, 1.54) is 30.3 Å². The molecule has 0 bridgehead atoms. The zero-order valence-corrected chi connectivity index (χ0v) is 37.4. The monoisotopic (exact) mass is 927 g/mol. The Morgan fingerprint density at radius 3 is 2.35 bits per heavy atom. The third-order valence-electron chi connectivity index (χ3n) is 12.1. The van der Waals surface area contributed by atoms with E-state index in [9.17, 15) is 32.3 Å². The van der Waals surface area contributed by atoms with Crippen LogP contribution in [0.2, 0.25) is 5.15 Å². The lowest BCUT2D eigenvalue weighted by Crippen LogP contribution is -2.54. The molecule has 15 nitrogen and oxygen atoms in total. The number of likely N-dealkylation sites (tertiary alicyclic amines) is 1. The Labute approximate surface area is 389 Å². The number of pyridine rings is 1. The molecule has 2 aliphatic heterocycles. The Morgan fingerprint density at radius 2 is 1.75 bits per heavy atom. The van der Waals surface area contributed by atoms with Crippen LogP contribution >= 0.6 is 11.6 Å². The average Bonchev–Trinajstić information content (AvgIpc) is 3.78. The number of aromatic nitrogens is 3. The van der Waals surface area contributed by atoms with Crippen molar-refractivity contribution in [2.24, 2.45) is 17.3 Å². The van der Waals surface area contributed by atoms with Gasteiger partial charge in [-0.05, 0) is 81.1 Å². The van der Waals surface area contributed by atoms with Gasteiger partial charge in [-0.15, -0.1) is 13.2 Å². The van der Waals surface area contributed by atoms with Gasteiger partial charge in [-0.25, -0.2) is 14.8 Å². The molecule has 0 spiro atoms. The number of hydrogen-bond donors (Lipinski definition) is 3. The number of nitrogens with zero attached hydrogens (tertiary/aromatic N) is 6. The molecule has 1 saturated carbocycles. The molecule has 4 heterocycles. The van der Waals surface area contributed by atoms with E-state index in [0.717, 1.165) is 6.07 Å². The van der Waals surface area contributed by atoms with Crippen molar-refractivity contribution in [2.75, 3.05) is 57.6 Å². The molecule has 1 aliphatic carbocycles. The molecular formula is C46H55ClF3N9O6. The fourth-order valence-corrected chi connectivity index (χ4v) is 8.57. The molecule has 19 heteroatoms. The zero-order valence-electron chi connectivity index (χ0n) is 42.6. The first-order chi connectivity index (χ1) is 33.1. The van der Waals surface area contributed by atoms with Crippen molar-refractivity contribution in [3.05, 3.63) is 77.3 Å². The number of benzene rings is 2. The van der Waals surface area contributed by atoms with E-state index in [0.29, 0.717) is 48.0 Å². The molecule has 2 aromatic heterocycles. The van der Waals surface area contributed by atoms with Gasteiger partial charge in [0, 0.05) is 69.1 Å². The summed E-state index contributed by atoms with van der Waals surface area (Å²) in [7, 11) is 5.02. The van der Waals surface area contributed by atoms with Crippen LogP contribution in [0.1, 0.15) is 77.8 Å². The molecule has 0 radical (unpaired) electrons. The summed E-state index contributed by atoms with van der Waals surface area (Å²) < 4.78 is 97.9. The minimum absolute atomic E-state index is 0.0299. The lowest BCUT2D eigenvalue weighted by molar-refractivity contribution is -0.274. The van der Waals surface area contributed by atoms with Gasteiger partial charge >= 0.3 is 12.5 Å². The lowest BCUT2D eigenvalue weighted by atomic mass is 10.00. The summed E-state index contributed by atoms with van der Waals surface area (Å²) in [6, 6.07) is 11.5. The number of ether oxygens (including phenoxy) is 2. The van der Waals surface area contributed by atoms with E-state index >= 15 is 0 Å². The second-order valence-electron chi connectivity index (χ2n) is 17.3. The maximum absolute atomic E-state index is 14.0. The molecule has 4 amide bonds. The van der Waals surface area contributed by atoms with Gasteiger partial charge in [0.05, 0.1) is 25.0 Å². The highest BCUT2D eigenvalue weighted by atomic mass is 35.5. The van der Waals surface area contributed by atoms with Crippen LogP contribution < -0.4 is 20.3 Å². The van der Waals surface area contributed by atoms with E-state index in [-0.39, 0.29) is 65.4 Å². The van der Waals surface area contributed by atoms with Crippen molar-refractivity contribution in [2.45, 2.75) is 77.8 Å². The number of hydrogen-bond acceptors (Lipinski definition) is 10.